The summed E-state index contributed by atoms with van der Waals surface area (Å²) in [5.41, 5.74) is 12.7. The van der Waals surface area contributed by atoms with Gasteiger partial charge in [0.1, 0.15) is 36.3 Å². The lowest BCUT2D eigenvalue weighted by Crippen LogP contribution is -2.56. The molecular formula is C42H64N4O6. The molecule has 4 N–H and O–H groups in total. The molecule has 10 nitrogen and oxygen atoms in total. The Morgan fingerprint density at radius 2 is 0.962 bits per heavy atom. The number of Topliss-reactive ketones (excluding diaryl/α,β-unsaturated/α-hetero) is 4. The quantitative estimate of drug-likeness (QED) is 0.241. The van der Waals surface area contributed by atoms with E-state index in [1.807, 2.05) is 0 Å². The highest BCUT2D eigenvalue weighted by Gasteiger charge is 2.63. The van der Waals surface area contributed by atoms with Gasteiger partial charge in [-0.3, -0.25) is 19.2 Å². The highest BCUT2D eigenvalue weighted by molar-refractivity contribution is 5.95. The van der Waals surface area contributed by atoms with Crippen LogP contribution in [0.3, 0.4) is 0 Å². The minimum atomic E-state index is -0.165. The molecule has 8 rings (SSSR count). The molecule has 0 radical (unpaired) electrons. The molecule has 0 spiro atoms. The van der Waals surface area contributed by atoms with E-state index < -0.39 is 0 Å². The number of nitrogens with zero attached hydrogens (tertiary/aromatic N) is 2. The van der Waals surface area contributed by atoms with Gasteiger partial charge in [0.15, 0.2) is 0 Å². The van der Waals surface area contributed by atoms with Crippen LogP contribution in [0.15, 0.2) is 10.3 Å². The molecule has 0 aromatic carbocycles. The summed E-state index contributed by atoms with van der Waals surface area (Å²) >= 11 is 0. The van der Waals surface area contributed by atoms with Crippen molar-refractivity contribution in [2.24, 2.45) is 90.8 Å². The maximum Gasteiger partial charge on any atom is 0.139 e. The number of oxime groups is 2. The summed E-state index contributed by atoms with van der Waals surface area (Å²) in [6, 6.07) is 0. The first kappa shape index (κ1) is 37.8. The summed E-state index contributed by atoms with van der Waals surface area (Å²) in [5.74, 6) is 4.58. The van der Waals surface area contributed by atoms with E-state index in [0.717, 1.165) is 88.5 Å². The molecular weight excluding hydrogens is 656 g/mol. The minimum absolute atomic E-state index is 0.0554. The highest BCUT2D eigenvalue weighted by Crippen LogP contribution is 2.66. The molecule has 0 saturated heterocycles. The molecule has 8 fully saturated rings. The summed E-state index contributed by atoms with van der Waals surface area (Å²) in [4.78, 5) is 61.8. The van der Waals surface area contributed by atoms with Gasteiger partial charge in [-0.15, -0.1) is 0 Å². The molecule has 0 amide bonds. The largest absolute Gasteiger partial charge is 0.395 e. The van der Waals surface area contributed by atoms with Crippen LogP contribution in [0.5, 0.6) is 0 Å². The molecule has 8 aliphatic carbocycles. The van der Waals surface area contributed by atoms with Crippen LogP contribution in [0.2, 0.25) is 0 Å². The predicted molar refractivity (Wildman–Crippen MR) is 199 cm³/mol. The van der Waals surface area contributed by atoms with Crippen LogP contribution in [0, 0.1) is 69.0 Å². The second-order valence-corrected chi connectivity index (χ2v) is 19.0. The third-order valence-electron chi connectivity index (χ3n) is 16.8. The lowest BCUT2D eigenvalue weighted by atomic mass is 9.45. The number of carbonyl (C=O) groups is 4. The Balaban J connectivity index is 0.000000162. The zero-order valence-corrected chi connectivity index (χ0v) is 32.3. The van der Waals surface area contributed by atoms with Crippen molar-refractivity contribution in [3.05, 3.63) is 0 Å². The van der Waals surface area contributed by atoms with Crippen molar-refractivity contribution in [2.45, 2.75) is 130 Å². The zero-order valence-electron chi connectivity index (χ0n) is 32.3. The number of nitrogens with two attached hydrogens (primary N) is 2. The van der Waals surface area contributed by atoms with E-state index in [1.54, 1.807) is 0 Å². The molecule has 0 aromatic heterocycles. The van der Waals surface area contributed by atoms with Gasteiger partial charge in [-0.1, -0.05) is 38.0 Å². The zero-order chi connectivity index (χ0) is 37.1. The summed E-state index contributed by atoms with van der Waals surface area (Å²) < 4.78 is 0. The van der Waals surface area contributed by atoms with E-state index in [2.05, 4.69) is 38.0 Å². The Hall–Kier alpha value is -2.46. The average Bonchev–Trinajstić information content (AvgIpc) is 3.60. The predicted octanol–water partition coefficient (Wildman–Crippen LogP) is 6.22. The molecule has 0 unspecified atom stereocenters. The first-order chi connectivity index (χ1) is 24.8. The number of fused-ring (bicyclic) bond motifs is 10. The molecule has 288 valence electrons. The van der Waals surface area contributed by atoms with Crippen LogP contribution < -0.4 is 11.5 Å². The fourth-order valence-corrected chi connectivity index (χ4v) is 13.8. The fourth-order valence-electron chi connectivity index (χ4n) is 13.8. The van der Waals surface area contributed by atoms with Crippen LogP contribution >= 0.6 is 0 Å². The van der Waals surface area contributed by atoms with Crippen molar-refractivity contribution in [3.8, 4) is 0 Å². The first-order valence-corrected chi connectivity index (χ1v) is 20.7. The number of ketones is 4. The Morgan fingerprint density at radius 1 is 0.558 bits per heavy atom. The van der Waals surface area contributed by atoms with E-state index in [1.165, 1.54) is 0 Å². The molecule has 10 heteroatoms. The molecule has 52 heavy (non-hydrogen) atoms. The van der Waals surface area contributed by atoms with E-state index in [0.29, 0.717) is 111 Å². The van der Waals surface area contributed by atoms with Gasteiger partial charge in [-0.25, -0.2) is 0 Å². The molecule has 8 saturated carbocycles. The monoisotopic (exact) mass is 720 g/mol. The van der Waals surface area contributed by atoms with Gasteiger partial charge < -0.3 is 21.1 Å². The van der Waals surface area contributed by atoms with Crippen LogP contribution in [-0.2, 0) is 28.9 Å². The minimum Gasteiger partial charge on any atom is -0.395 e. The Bertz CT molecular complexity index is 1400. The number of carbonyl (C=O) groups excluding carboxylic acids is 4. The third-order valence-corrected chi connectivity index (χ3v) is 16.8. The van der Waals surface area contributed by atoms with Crippen molar-refractivity contribution in [2.75, 3.05) is 26.3 Å². The van der Waals surface area contributed by atoms with Gasteiger partial charge in [0.2, 0.25) is 0 Å². The number of rotatable bonds is 6. The SMILES string of the molecule is C[C@]12CC/C(=N\OCCN)C[C@@H]1C(=O)C[C@@H]1[C@@H]2CC[C@]2(C)C(=O)CC[C@@H]12.C[C@]12CC/C(=N\OCCN)C[C@@H]1C(=O)C[C@@H]1[C@@H]2CC[C@]2(C)C(=O)CC[C@@H]12. The molecule has 8 aliphatic rings. The average molecular weight is 721 g/mol. The lowest BCUT2D eigenvalue weighted by molar-refractivity contribution is -0.152. The second kappa shape index (κ2) is 14.3. The summed E-state index contributed by atoms with van der Waals surface area (Å²) in [6.07, 6.45) is 14.3. The maximum absolute atomic E-state index is 13.1. The van der Waals surface area contributed by atoms with Crippen molar-refractivity contribution >= 4 is 34.6 Å². The highest BCUT2D eigenvalue weighted by atomic mass is 16.6. The lowest BCUT2D eigenvalue weighted by Gasteiger charge is -2.58. The van der Waals surface area contributed by atoms with Crippen LogP contribution in [-0.4, -0.2) is 60.9 Å². The van der Waals surface area contributed by atoms with Crippen molar-refractivity contribution < 1.29 is 28.9 Å². The molecule has 12 atom stereocenters. The van der Waals surface area contributed by atoms with Gasteiger partial charge in [0.05, 0.1) is 11.4 Å². The Kier molecular flexibility index (Phi) is 10.4. The van der Waals surface area contributed by atoms with Crippen LogP contribution in [0.1, 0.15) is 130 Å². The molecule has 0 bridgehead atoms. The molecule has 0 aromatic rings. The normalized spacial score (nSPS) is 46.7. The Morgan fingerprint density at radius 3 is 1.35 bits per heavy atom. The van der Waals surface area contributed by atoms with Crippen molar-refractivity contribution in [1.82, 2.24) is 0 Å². The van der Waals surface area contributed by atoms with Crippen LogP contribution in [0.4, 0.5) is 0 Å². The molecule has 0 heterocycles. The Labute approximate surface area is 310 Å². The van der Waals surface area contributed by atoms with E-state index in [9.17, 15) is 19.2 Å². The second-order valence-electron chi connectivity index (χ2n) is 19.0. The van der Waals surface area contributed by atoms with Crippen molar-refractivity contribution in [3.63, 3.8) is 0 Å². The fraction of sp³-hybridized carbons (Fsp3) is 0.857. The summed E-state index contributed by atoms with van der Waals surface area (Å²) in [7, 11) is 0. The van der Waals surface area contributed by atoms with E-state index in [4.69, 9.17) is 21.1 Å². The van der Waals surface area contributed by atoms with Crippen LogP contribution in [0.25, 0.3) is 0 Å². The summed E-state index contributed by atoms with van der Waals surface area (Å²) in [6.45, 7) is 10.8. The number of hydrogen-bond donors (Lipinski definition) is 2. The van der Waals surface area contributed by atoms with E-state index in [-0.39, 0.29) is 33.5 Å². The van der Waals surface area contributed by atoms with Gasteiger partial charge >= 0.3 is 0 Å². The topological polar surface area (TPSA) is 164 Å². The van der Waals surface area contributed by atoms with Gasteiger partial charge in [-0.05, 0) is 123 Å². The third kappa shape index (κ3) is 6.14. The number of hydrogen-bond acceptors (Lipinski definition) is 10. The first-order valence-electron chi connectivity index (χ1n) is 20.7. The molecule has 0 aliphatic heterocycles. The maximum atomic E-state index is 13.1. The summed E-state index contributed by atoms with van der Waals surface area (Å²) in [5, 5.41) is 8.49. The standard InChI is InChI=1S/2C21H32N2O3/c2*1-20-7-5-13(23-26-10-9-22)11-17(20)18(24)12-14-15-3-4-19(25)21(15,2)8-6-16(14)20/h2*14-17H,3-12,22H2,1-2H3/b2*23-13+/t2*14-,15-,16-,17+,20+,21-/m00/s1. The van der Waals surface area contributed by atoms with E-state index >= 15 is 0 Å². The van der Waals surface area contributed by atoms with Gasteiger partial charge in [0.25, 0.3) is 0 Å². The van der Waals surface area contributed by atoms with Gasteiger partial charge in [-0.2, -0.15) is 0 Å². The van der Waals surface area contributed by atoms with Crippen molar-refractivity contribution in [1.29, 1.82) is 0 Å². The van der Waals surface area contributed by atoms with Gasteiger partial charge in [0, 0.05) is 61.4 Å². The smallest absolute Gasteiger partial charge is 0.139 e.